The first-order valence-electron chi connectivity index (χ1n) is 5.33. The average Bonchev–Trinajstić information content (AvgIpc) is 2.36. The molecule has 4 nitrogen and oxygen atoms in total. The maximum atomic E-state index is 9.26. The second-order valence-corrected chi connectivity index (χ2v) is 3.54. The van der Waals surface area contributed by atoms with Gasteiger partial charge in [0.2, 0.25) is 0 Å². The van der Waals surface area contributed by atoms with Crippen LogP contribution in [0.3, 0.4) is 0 Å². The number of rotatable bonds is 4. The molecule has 4 N–H and O–H groups in total. The van der Waals surface area contributed by atoms with Gasteiger partial charge in [-0.3, -0.25) is 0 Å². The van der Waals surface area contributed by atoms with Crippen LogP contribution in [0.1, 0.15) is 22.3 Å². The molecule has 1 aromatic carbocycles. The fourth-order valence-electron chi connectivity index (χ4n) is 1.65. The van der Waals surface area contributed by atoms with Gasteiger partial charge in [0, 0.05) is 12.2 Å². The van der Waals surface area contributed by atoms with E-state index in [0.717, 1.165) is 5.56 Å². The van der Waals surface area contributed by atoms with Gasteiger partial charge < -0.3 is 20.4 Å². The number of aliphatic hydroxyl groups excluding tert-OH is 4. The lowest BCUT2D eigenvalue weighted by Crippen LogP contribution is -2.02. The van der Waals surface area contributed by atoms with Gasteiger partial charge in [0.1, 0.15) is 6.61 Å². The summed E-state index contributed by atoms with van der Waals surface area (Å²) < 4.78 is 0. The number of benzene rings is 1. The third kappa shape index (κ3) is 3.55. The number of hydrogen-bond acceptors (Lipinski definition) is 4. The van der Waals surface area contributed by atoms with E-state index in [-0.39, 0.29) is 26.4 Å². The van der Waals surface area contributed by atoms with Crippen molar-refractivity contribution in [1.82, 2.24) is 0 Å². The number of hydrogen-bond donors (Lipinski definition) is 4. The van der Waals surface area contributed by atoms with E-state index in [1.54, 1.807) is 12.1 Å². The molecule has 17 heavy (non-hydrogen) atoms. The third-order valence-electron chi connectivity index (χ3n) is 2.40. The maximum absolute atomic E-state index is 9.26. The highest BCUT2D eigenvalue weighted by molar-refractivity contribution is 5.49. The molecule has 1 aromatic rings. The fourth-order valence-corrected chi connectivity index (χ4v) is 1.65. The second-order valence-electron chi connectivity index (χ2n) is 3.54. The van der Waals surface area contributed by atoms with Crippen LogP contribution in [-0.2, 0) is 19.6 Å². The minimum absolute atomic E-state index is 0.0113. The first-order chi connectivity index (χ1) is 8.26. The summed E-state index contributed by atoms with van der Waals surface area (Å²) in [5.41, 5.74) is 2.59. The van der Waals surface area contributed by atoms with Crippen molar-refractivity contribution in [2.75, 3.05) is 13.2 Å². The molecule has 0 atom stereocenters. The predicted octanol–water partition coefficient (Wildman–Crippen LogP) is -0.450. The molecule has 0 saturated carbocycles. The van der Waals surface area contributed by atoms with E-state index >= 15 is 0 Å². The Kier molecular flexibility index (Phi) is 5.67. The largest absolute Gasteiger partial charge is 0.396 e. The molecule has 4 heteroatoms. The minimum atomic E-state index is -0.270. The van der Waals surface area contributed by atoms with Gasteiger partial charge in [0.25, 0.3) is 0 Å². The van der Waals surface area contributed by atoms with Crippen LogP contribution in [-0.4, -0.2) is 33.6 Å². The van der Waals surface area contributed by atoms with Crippen molar-refractivity contribution in [3.05, 3.63) is 34.4 Å². The summed E-state index contributed by atoms with van der Waals surface area (Å²) in [5.74, 6) is 5.22. The monoisotopic (exact) mass is 236 g/mol. The quantitative estimate of drug-likeness (QED) is 0.534. The van der Waals surface area contributed by atoms with Crippen molar-refractivity contribution in [3.63, 3.8) is 0 Å². The van der Waals surface area contributed by atoms with Crippen LogP contribution in [0.15, 0.2) is 12.1 Å². The summed E-state index contributed by atoms with van der Waals surface area (Å²) in [6.45, 7) is -0.644. The SMILES string of the molecule is OCC#Cc1c(CO)cc(CCO)cc1CO. The molecule has 0 bridgehead atoms. The smallest absolute Gasteiger partial charge is 0.104 e. The molecule has 0 aliphatic carbocycles. The molecule has 0 radical (unpaired) electrons. The van der Waals surface area contributed by atoms with Crippen LogP contribution in [0.5, 0.6) is 0 Å². The minimum Gasteiger partial charge on any atom is -0.396 e. The van der Waals surface area contributed by atoms with Crippen LogP contribution >= 0.6 is 0 Å². The lowest BCUT2D eigenvalue weighted by molar-refractivity contribution is 0.273. The summed E-state index contributed by atoms with van der Waals surface area (Å²) in [5, 5.41) is 36.0. The molecule has 0 spiro atoms. The molecule has 92 valence electrons. The van der Waals surface area contributed by atoms with Crippen molar-refractivity contribution >= 4 is 0 Å². The Morgan fingerprint density at radius 1 is 0.941 bits per heavy atom. The third-order valence-corrected chi connectivity index (χ3v) is 2.40. The van der Waals surface area contributed by atoms with Crippen LogP contribution in [0.4, 0.5) is 0 Å². The highest BCUT2D eigenvalue weighted by Gasteiger charge is 2.08. The molecule has 0 aromatic heterocycles. The van der Waals surface area contributed by atoms with E-state index < -0.39 is 0 Å². The average molecular weight is 236 g/mol. The van der Waals surface area contributed by atoms with Crippen molar-refractivity contribution in [1.29, 1.82) is 0 Å². The zero-order valence-electron chi connectivity index (χ0n) is 9.48. The van der Waals surface area contributed by atoms with Gasteiger partial charge in [-0.1, -0.05) is 24.0 Å². The fraction of sp³-hybridized carbons (Fsp3) is 0.385. The van der Waals surface area contributed by atoms with Gasteiger partial charge in [-0.2, -0.15) is 0 Å². The Bertz CT molecular complexity index is 404. The summed E-state index contributed by atoms with van der Waals surface area (Å²) in [7, 11) is 0. The Hall–Kier alpha value is -1.38. The van der Waals surface area contributed by atoms with Crippen LogP contribution in [0.25, 0.3) is 0 Å². The van der Waals surface area contributed by atoms with E-state index in [4.69, 9.17) is 10.2 Å². The molecule has 1 rings (SSSR count). The van der Waals surface area contributed by atoms with Crippen molar-refractivity contribution in [2.24, 2.45) is 0 Å². The van der Waals surface area contributed by atoms with Gasteiger partial charge in [0.05, 0.1) is 13.2 Å². The zero-order valence-corrected chi connectivity index (χ0v) is 9.48. The highest BCUT2D eigenvalue weighted by atomic mass is 16.3. The van der Waals surface area contributed by atoms with Gasteiger partial charge in [-0.15, -0.1) is 0 Å². The van der Waals surface area contributed by atoms with Gasteiger partial charge in [-0.25, -0.2) is 0 Å². The van der Waals surface area contributed by atoms with E-state index in [9.17, 15) is 10.2 Å². The molecule has 0 amide bonds. The first-order valence-corrected chi connectivity index (χ1v) is 5.33. The number of aliphatic hydroxyl groups is 4. The van der Waals surface area contributed by atoms with E-state index in [2.05, 4.69) is 11.8 Å². The Morgan fingerprint density at radius 3 is 1.94 bits per heavy atom. The van der Waals surface area contributed by atoms with Crippen molar-refractivity contribution in [3.8, 4) is 11.8 Å². The Balaban J connectivity index is 3.25. The maximum Gasteiger partial charge on any atom is 0.104 e. The summed E-state index contributed by atoms with van der Waals surface area (Å²) >= 11 is 0. The molecular formula is C13H16O4. The summed E-state index contributed by atoms with van der Waals surface area (Å²) in [6.07, 6.45) is 0.466. The lowest BCUT2D eigenvalue weighted by atomic mass is 9.97. The summed E-state index contributed by atoms with van der Waals surface area (Å²) in [4.78, 5) is 0. The molecule has 0 fully saturated rings. The van der Waals surface area contributed by atoms with E-state index in [1.807, 2.05) is 0 Å². The van der Waals surface area contributed by atoms with E-state index in [1.165, 1.54) is 0 Å². The van der Waals surface area contributed by atoms with Gasteiger partial charge in [0.15, 0.2) is 0 Å². The van der Waals surface area contributed by atoms with Crippen LogP contribution in [0, 0.1) is 11.8 Å². The molecular weight excluding hydrogens is 220 g/mol. The van der Waals surface area contributed by atoms with Crippen LogP contribution in [0.2, 0.25) is 0 Å². The Labute approximate surface area is 100 Å². The zero-order chi connectivity index (χ0) is 12.7. The van der Waals surface area contributed by atoms with Crippen molar-refractivity contribution < 1.29 is 20.4 Å². The molecule has 0 aliphatic heterocycles. The normalized spacial score (nSPS) is 9.88. The topological polar surface area (TPSA) is 80.9 Å². The Morgan fingerprint density at radius 2 is 1.53 bits per heavy atom. The molecule has 0 unspecified atom stereocenters. The lowest BCUT2D eigenvalue weighted by Gasteiger charge is -2.10. The molecule has 0 aliphatic rings. The summed E-state index contributed by atoms with van der Waals surface area (Å²) in [6, 6.07) is 3.49. The van der Waals surface area contributed by atoms with Gasteiger partial charge >= 0.3 is 0 Å². The molecule has 0 heterocycles. The standard InChI is InChI=1S/C13H16O4/c14-4-1-2-13-11(8-16)6-10(3-5-15)7-12(13)9-17/h6-7,14-17H,3-5,8-9H2. The van der Waals surface area contributed by atoms with Crippen LogP contribution < -0.4 is 0 Å². The highest BCUT2D eigenvalue weighted by Crippen LogP contribution is 2.18. The predicted molar refractivity (Wildman–Crippen MR) is 63.0 cm³/mol. The first kappa shape index (κ1) is 13.7. The van der Waals surface area contributed by atoms with Crippen molar-refractivity contribution in [2.45, 2.75) is 19.6 Å². The second kappa shape index (κ2) is 7.05. The van der Waals surface area contributed by atoms with Gasteiger partial charge in [-0.05, 0) is 23.1 Å². The molecule has 0 saturated heterocycles. The van der Waals surface area contributed by atoms with E-state index in [0.29, 0.717) is 23.1 Å².